The molecule has 1 amide bonds. The van der Waals surface area contributed by atoms with E-state index in [9.17, 15) is 14.7 Å². The summed E-state index contributed by atoms with van der Waals surface area (Å²) in [7, 11) is 0. The van der Waals surface area contributed by atoms with E-state index in [4.69, 9.17) is 4.74 Å². The fourth-order valence-corrected chi connectivity index (χ4v) is 3.00. The number of fused-ring (bicyclic) bond motifs is 1. The van der Waals surface area contributed by atoms with Crippen molar-refractivity contribution < 1.29 is 19.4 Å². The van der Waals surface area contributed by atoms with Crippen molar-refractivity contribution in [3.05, 3.63) is 83.7 Å². The number of aromatic carboxylic acids is 1. The molecule has 28 heavy (non-hydrogen) atoms. The van der Waals surface area contributed by atoms with E-state index in [1.165, 1.54) is 6.07 Å². The highest BCUT2D eigenvalue weighted by Crippen LogP contribution is 2.31. The second-order valence-electron chi connectivity index (χ2n) is 6.26. The molecule has 2 N–H and O–H groups in total. The first kappa shape index (κ1) is 17.5. The molecular weight excluding hydrogens is 356 g/mol. The van der Waals surface area contributed by atoms with Gasteiger partial charge in [-0.1, -0.05) is 24.3 Å². The van der Waals surface area contributed by atoms with E-state index in [-0.39, 0.29) is 17.9 Å². The number of nitrogens with one attached hydrogen (secondary N) is 1. The first-order valence-corrected chi connectivity index (χ1v) is 8.63. The monoisotopic (exact) mass is 372 g/mol. The van der Waals surface area contributed by atoms with Gasteiger partial charge in [0.25, 0.3) is 5.91 Å². The van der Waals surface area contributed by atoms with Gasteiger partial charge >= 0.3 is 5.97 Å². The number of rotatable bonds is 4. The van der Waals surface area contributed by atoms with Crippen molar-refractivity contribution in [1.82, 2.24) is 4.98 Å². The van der Waals surface area contributed by atoms with Crippen molar-refractivity contribution in [2.75, 3.05) is 11.9 Å². The number of hydrogen-bond acceptors (Lipinski definition) is 4. The fourth-order valence-electron chi connectivity index (χ4n) is 3.00. The normalized spacial score (nSPS) is 12.4. The van der Waals surface area contributed by atoms with Crippen molar-refractivity contribution >= 4 is 23.6 Å². The highest BCUT2D eigenvalue weighted by Gasteiger charge is 2.19. The minimum Gasteiger partial charge on any atom is -0.488 e. The Morgan fingerprint density at radius 3 is 2.68 bits per heavy atom. The van der Waals surface area contributed by atoms with Gasteiger partial charge in [-0.25, -0.2) is 4.79 Å². The molecule has 2 aromatic carbocycles. The van der Waals surface area contributed by atoms with Crippen LogP contribution in [0.25, 0.3) is 17.2 Å². The van der Waals surface area contributed by atoms with Crippen LogP contribution in [-0.4, -0.2) is 28.6 Å². The minimum atomic E-state index is -1.10. The number of carbonyl (C=O) groups is 2. The maximum atomic E-state index is 12.6. The smallest absolute Gasteiger partial charge is 0.337 e. The van der Waals surface area contributed by atoms with Crippen LogP contribution in [0, 0.1) is 0 Å². The molecule has 1 aliphatic rings. The molecule has 1 aliphatic heterocycles. The summed E-state index contributed by atoms with van der Waals surface area (Å²) in [5.41, 5.74) is 3.40. The molecule has 0 saturated carbocycles. The highest BCUT2D eigenvalue weighted by atomic mass is 16.5. The van der Waals surface area contributed by atoms with Gasteiger partial charge < -0.3 is 15.2 Å². The number of para-hydroxylation sites is 1. The Morgan fingerprint density at radius 2 is 1.89 bits per heavy atom. The topological polar surface area (TPSA) is 88.5 Å². The van der Waals surface area contributed by atoms with Crippen molar-refractivity contribution in [3.63, 3.8) is 0 Å². The van der Waals surface area contributed by atoms with Gasteiger partial charge in [0.2, 0.25) is 0 Å². The molecule has 0 fully saturated rings. The Morgan fingerprint density at radius 1 is 1.04 bits per heavy atom. The molecule has 2 heterocycles. The number of hydrogen-bond donors (Lipinski definition) is 2. The number of carboxylic acids is 1. The molecule has 0 bridgehead atoms. The van der Waals surface area contributed by atoms with Crippen LogP contribution in [0.5, 0.6) is 5.75 Å². The van der Waals surface area contributed by atoms with Crippen molar-refractivity contribution in [2.24, 2.45) is 0 Å². The highest BCUT2D eigenvalue weighted by molar-refractivity contribution is 6.10. The van der Waals surface area contributed by atoms with Crippen LogP contribution in [0.2, 0.25) is 0 Å². The number of amides is 1. The molecule has 0 saturated heterocycles. The maximum absolute atomic E-state index is 12.6. The quantitative estimate of drug-likeness (QED) is 0.726. The molecule has 1 aromatic heterocycles. The standard InChI is InChI=1S/C22H16N2O4/c25-21(24-19-6-2-1-5-18(19)22(26)27)17-11-16-10-14(7-8-20(16)28-13-17)15-4-3-9-23-12-15/h1-12H,13H2,(H,24,25)(H,26,27). The summed E-state index contributed by atoms with van der Waals surface area (Å²) >= 11 is 0. The van der Waals surface area contributed by atoms with Gasteiger partial charge in [-0.3, -0.25) is 9.78 Å². The van der Waals surface area contributed by atoms with E-state index in [1.807, 2.05) is 30.3 Å². The maximum Gasteiger partial charge on any atom is 0.337 e. The lowest BCUT2D eigenvalue weighted by atomic mass is 10.0. The van der Waals surface area contributed by atoms with Crippen LogP contribution in [0.1, 0.15) is 15.9 Å². The predicted octanol–water partition coefficient (Wildman–Crippen LogP) is 3.86. The lowest BCUT2D eigenvalue weighted by molar-refractivity contribution is -0.113. The SMILES string of the molecule is O=C(Nc1ccccc1C(=O)O)C1=Cc2cc(-c3cccnc3)ccc2OC1. The van der Waals surface area contributed by atoms with Gasteiger partial charge in [-0.15, -0.1) is 0 Å². The predicted molar refractivity (Wildman–Crippen MR) is 105 cm³/mol. The Hall–Kier alpha value is -3.93. The minimum absolute atomic E-state index is 0.0347. The Kier molecular flexibility index (Phi) is 4.60. The Balaban J connectivity index is 1.62. The van der Waals surface area contributed by atoms with E-state index < -0.39 is 11.9 Å². The first-order chi connectivity index (χ1) is 13.6. The number of nitrogens with zero attached hydrogens (tertiary/aromatic N) is 1. The average Bonchev–Trinajstić information content (AvgIpc) is 2.73. The molecule has 6 heteroatoms. The van der Waals surface area contributed by atoms with E-state index >= 15 is 0 Å². The summed E-state index contributed by atoms with van der Waals surface area (Å²) in [5.74, 6) is -0.808. The van der Waals surface area contributed by atoms with Crippen LogP contribution in [0.3, 0.4) is 0 Å². The number of carbonyl (C=O) groups excluding carboxylic acids is 1. The van der Waals surface area contributed by atoms with Gasteiger partial charge in [0, 0.05) is 23.5 Å². The lowest BCUT2D eigenvalue weighted by Crippen LogP contribution is -2.22. The van der Waals surface area contributed by atoms with Gasteiger partial charge in [0.1, 0.15) is 12.4 Å². The van der Waals surface area contributed by atoms with Crippen LogP contribution in [0.4, 0.5) is 5.69 Å². The van der Waals surface area contributed by atoms with E-state index in [0.29, 0.717) is 11.3 Å². The summed E-state index contributed by atoms with van der Waals surface area (Å²) in [4.78, 5) is 28.1. The number of anilines is 1. The number of ether oxygens (including phenoxy) is 1. The molecular formula is C22H16N2O4. The average molecular weight is 372 g/mol. The van der Waals surface area contributed by atoms with Crippen molar-refractivity contribution in [2.45, 2.75) is 0 Å². The van der Waals surface area contributed by atoms with Gasteiger partial charge in [0.15, 0.2) is 0 Å². The second kappa shape index (κ2) is 7.36. The fraction of sp³-hybridized carbons (Fsp3) is 0.0455. The zero-order valence-electron chi connectivity index (χ0n) is 14.8. The molecule has 0 radical (unpaired) electrons. The van der Waals surface area contributed by atoms with Crippen molar-refractivity contribution in [3.8, 4) is 16.9 Å². The van der Waals surface area contributed by atoms with E-state index in [1.54, 1.807) is 36.7 Å². The molecule has 138 valence electrons. The third-order valence-corrected chi connectivity index (χ3v) is 4.41. The summed E-state index contributed by atoms with van der Waals surface area (Å²) < 4.78 is 5.70. The summed E-state index contributed by atoms with van der Waals surface area (Å²) in [6.07, 6.45) is 5.24. The first-order valence-electron chi connectivity index (χ1n) is 8.63. The van der Waals surface area contributed by atoms with Crippen LogP contribution in [0.15, 0.2) is 72.6 Å². The number of benzene rings is 2. The molecule has 6 nitrogen and oxygen atoms in total. The summed E-state index contributed by atoms with van der Waals surface area (Å²) in [5, 5.41) is 11.9. The second-order valence-corrected chi connectivity index (χ2v) is 6.26. The molecule has 0 aliphatic carbocycles. The molecule has 4 rings (SSSR count). The molecule has 0 unspecified atom stereocenters. The number of aromatic nitrogens is 1. The Labute approximate surface area is 161 Å². The molecule has 0 spiro atoms. The van der Waals surface area contributed by atoms with Crippen LogP contribution >= 0.6 is 0 Å². The van der Waals surface area contributed by atoms with Gasteiger partial charge in [-0.2, -0.15) is 0 Å². The third-order valence-electron chi connectivity index (χ3n) is 4.41. The zero-order chi connectivity index (χ0) is 19.5. The van der Waals surface area contributed by atoms with Crippen LogP contribution < -0.4 is 10.1 Å². The van der Waals surface area contributed by atoms with Crippen molar-refractivity contribution in [1.29, 1.82) is 0 Å². The van der Waals surface area contributed by atoms with E-state index in [2.05, 4.69) is 10.3 Å². The number of carboxylic acid groups (broad SMARTS) is 1. The largest absolute Gasteiger partial charge is 0.488 e. The van der Waals surface area contributed by atoms with E-state index in [0.717, 1.165) is 16.7 Å². The molecule has 0 atom stereocenters. The summed E-state index contributed by atoms with van der Waals surface area (Å²) in [6.45, 7) is 0.111. The Bertz CT molecular complexity index is 1090. The van der Waals surface area contributed by atoms with Gasteiger partial charge in [0.05, 0.1) is 16.8 Å². The van der Waals surface area contributed by atoms with Gasteiger partial charge in [-0.05, 0) is 42.0 Å². The summed E-state index contributed by atoms with van der Waals surface area (Å²) in [6, 6.07) is 15.8. The lowest BCUT2D eigenvalue weighted by Gasteiger charge is -2.19. The zero-order valence-corrected chi connectivity index (χ0v) is 14.8. The number of pyridine rings is 1. The molecule has 3 aromatic rings. The third kappa shape index (κ3) is 3.48. The van der Waals surface area contributed by atoms with Crippen LogP contribution in [-0.2, 0) is 4.79 Å².